The highest BCUT2D eigenvalue weighted by Gasteiger charge is 2.33. The fraction of sp³-hybridized carbons (Fsp3) is 0.278. The summed E-state index contributed by atoms with van der Waals surface area (Å²) in [7, 11) is 0. The normalized spacial score (nSPS) is 11.7. The van der Waals surface area contributed by atoms with E-state index in [1.807, 2.05) is 0 Å². The molecule has 2 rings (SSSR count). The molecule has 0 aliphatic heterocycles. The largest absolute Gasteiger partial charge is 0.418 e. The first-order valence-corrected chi connectivity index (χ1v) is 8.62. The second-order valence-corrected chi connectivity index (χ2v) is 6.55. The Balaban J connectivity index is 2.06. The lowest BCUT2D eigenvalue weighted by Gasteiger charge is -2.21. The van der Waals surface area contributed by atoms with Crippen LogP contribution in [0.25, 0.3) is 0 Å². The Hall–Kier alpha value is -1.93. The van der Waals surface area contributed by atoms with Crippen LogP contribution >= 0.6 is 15.9 Å². The van der Waals surface area contributed by atoms with Crippen LogP contribution in [0.5, 0.6) is 0 Å². The molecule has 0 aliphatic rings. The summed E-state index contributed by atoms with van der Waals surface area (Å²) in [6.45, 7) is 2.24. The van der Waals surface area contributed by atoms with Gasteiger partial charge in [-0.05, 0) is 30.8 Å². The molecular formula is C18H17BrF4N2O. The SMILES string of the molecule is CCN(CC(=O)Nc1ccccc1C(F)(F)F)Cc1ccc(Br)cc1F. The number of hydrogen-bond acceptors (Lipinski definition) is 2. The maximum absolute atomic E-state index is 13.9. The molecule has 26 heavy (non-hydrogen) atoms. The summed E-state index contributed by atoms with van der Waals surface area (Å²) in [6.07, 6.45) is -4.56. The van der Waals surface area contributed by atoms with Gasteiger partial charge in [-0.25, -0.2) is 4.39 Å². The summed E-state index contributed by atoms with van der Waals surface area (Å²) in [5.74, 6) is -1.01. The van der Waals surface area contributed by atoms with Crippen molar-refractivity contribution >= 4 is 27.5 Å². The summed E-state index contributed by atoms with van der Waals surface area (Å²) < 4.78 is 53.5. The molecule has 0 bridgehead atoms. The van der Waals surface area contributed by atoms with E-state index in [9.17, 15) is 22.4 Å². The van der Waals surface area contributed by atoms with Crippen molar-refractivity contribution in [1.82, 2.24) is 4.90 Å². The van der Waals surface area contributed by atoms with Crippen molar-refractivity contribution in [3.63, 3.8) is 0 Å². The van der Waals surface area contributed by atoms with E-state index in [1.54, 1.807) is 24.0 Å². The molecule has 0 spiro atoms. The molecule has 3 nitrogen and oxygen atoms in total. The minimum Gasteiger partial charge on any atom is -0.324 e. The van der Waals surface area contributed by atoms with E-state index < -0.39 is 23.5 Å². The smallest absolute Gasteiger partial charge is 0.324 e. The van der Waals surface area contributed by atoms with Crippen LogP contribution in [0.4, 0.5) is 23.2 Å². The molecule has 1 amide bonds. The zero-order chi connectivity index (χ0) is 19.3. The van der Waals surface area contributed by atoms with Gasteiger partial charge in [0, 0.05) is 16.6 Å². The molecule has 1 N–H and O–H groups in total. The number of hydrogen-bond donors (Lipinski definition) is 1. The minimum atomic E-state index is -4.56. The van der Waals surface area contributed by atoms with Crippen LogP contribution in [-0.4, -0.2) is 23.9 Å². The highest BCUT2D eigenvalue weighted by atomic mass is 79.9. The van der Waals surface area contributed by atoms with Gasteiger partial charge in [0.05, 0.1) is 17.8 Å². The quantitative estimate of drug-likeness (QED) is 0.646. The Kier molecular flexibility index (Phi) is 6.77. The molecule has 8 heteroatoms. The second kappa shape index (κ2) is 8.64. The summed E-state index contributed by atoms with van der Waals surface area (Å²) in [5, 5.41) is 2.29. The van der Waals surface area contributed by atoms with Gasteiger partial charge in [-0.1, -0.05) is 41.1 Å². The molecule has 2 aromatic carbocycles. The number of alkyl halides is 3. The minimum absolute atomic E-state index is 0.155. The molecule has 0 unspecified atom stereocenters. The number of benzene rings is 2. The van der Waals surface area contributed by atoms with Gasteiger partial charge in [-0.15, -0.1) is 0 Å². The third kappa shape index (κ3) is 5.54. The van der Waals surface area contributed by atoms with Crippen molar-refractivity contribution < 1.29 is 22.4 Å². The third-order valence-electron chi connectivity index (χ3n) is 3.73. The maximum atomic E-state index is 13.9. The summed E-state index contributed by atoms with van der Waals surface area (Å²) in [4.78, 5) is 13.8. The number of likely N-dealkylation sites (N-methyl/N-ethyl adjacent to an activating group) is 1. The number of nitrogens with zero attached hydrogens (tertiary/aromatic N) is 1. The number of anilines is 1. The van der Waals surface area contributed by atoms with Gasteiger partial charge in [-0.3, -0.25) is 9.69 Å². The fourth-order valence-corrected chi connectivity index (χ4v) is 2.74. The predicted molar refractivity (Wildman–Crippen MR) is 95.1 cm³/mol. The third-order valence-corrected chi connectivity index (χ3v) is 4.22. The van der Waals surface area contributed by atoms with Gasteiger partial charge < -0.3 is 5.32 Å². The first-order chi connectivity index (χ1) is 12.2. The monoisotopic (exact) mass is 432 g/mol. The van der Waals surface area contributed by atoms with Crippen molar-refractivity contribution in [2.75, 3.05) is 18.4 Å². The summed E-state index contributed by atoms with van der Waals surface area (Å²) >= 11 is 3.17. The van der Waals surface area contributed by atoms with Crippen LogP contribution in [0.2, 0.25) is 0 Å². The first kappa shape index (κ1) is 20.4. The summed E-state index contributed by atoms with van der Waals surface area (Å²) in [6, 6.07) is 9.39. The molecule has 0 saturated carbocycles. The molecular weight excluding hydrogens is 416 g/mol. The number of para-hydroxylation sites is 1. The van der Waals surface area contributed by atoms with Crippen molar-refractivity contribution in [2.45, 2.75) is 19.6 Å². The van der Waals surface area contributed by atoms with E-state index in [-0.39, 0.29) is 18.8 Å². The number of carbonyl (C=O) groups is 1. The van der Waals surface area contributed by atoms with Crippen molar-refractivity contribution in [3.8, 4) is 0 Å². The van der Waals surface area contributed by atoms with Gasteiger partial charge in [0.25, 0.3) is 0 Å². The van der Waals surface area contributed by atoms with E-state index in [4.69, 9.17) is 0 Å². The topological polar surface area (TPSA) is 32.3 Å². The lowest BCUT2D eigenvalue weighted by molar-refractivity contribution is -0.137. The van der Waals surface area contributed by atoms with E-state index >= 15 is 0 Å². The van der Waals surface area contributed by atoms with Gasteiger partial charge in [0.15, 0.2) is 0 Å². The standard InChI is InChI=1S/C18H17BrF4N2O/c1-2-25(10-12-7-8-13(19)9-15(12)20)11-17(26)24-16-6-4-3-5-14(16)18(21,22)23/h3-9H,2,10-11H2,1H3,(H,24,26). The van der Waals surface area contributed by atoms with E-state index in [2.05, 4.69) is 21.2 Å². The predicted octanol–water partition coefficient (Wildman–Crippen LogP) is 5.07. The van der Waals surface area contributed by atoms with E-state index in [0.717, 1.165) is 6.07 Å². The van der Waals surface area contributed by atoms with E-state index in [1.165, 1.54) is 24.3 Å². The molecule has 0 aromatic heterocycles. The number of rotatable bonds is 6. The number of amides is 1. The van der Waals surface area contributed by atoms with Crippen LogP contribution in [-0.2, 0) is 17.5 Å². The Morgan fingerprint density at radius 2 is 1.88 bits per heavy atom. The first-order valence-electron chi connectivity index (χ1n) is 7.83. The van der Waals surface area contributed by atoms with Crippen LogP contribution in [0.15, 0.2) is 46.9 Å². The van der Waals surface area contributed by atoms with Gasteiger partial charge >= 0.3 is 6.18 Å². The number of nitrogens with one attached hydrogen (secondary N) is 1. The van der Waals surface area contributed by atoms with Crippen LogP contribution < -0.4 is 5.32 Å². The average Bonchev–Trinajstić information content (AvgIpc) is 2.56. The molecule has 0 heterocycles. The molecule has 0 radical (unpaired) electrons. The lowest BCUT2D eigenvalue weighted by atomic mass is 10.1. The van der Waals surface area contributed by atoms with Crippen LogP contribution in [0, 0.1) is 5.82 Å². The Bertz CT molecular complexity index is 780. The molecule has 0 fully saturated rings. The Morgan fingerprint density at radius 3 is 2.50 bits per heavy atom. The zero-order valence-corrected chi connectivity index (χ0v) is 15.5. The van der Waals surface area contributed by atoms with Crippen LogP contribution in [0.1, 0.15) is 18.1 Å². The fourth-order valence-electron chi connectivity index (χ4n) is 2.40. The molecule has 0 saturated heterocycles. The van der Waals surface area contributed by atoms with Gasteiger partial charge in [0.1, 0.15) is 5.82 Å². The Labute approximate surface area is 157 Å². The van der Waals surface area contributed by atoms with Crippen LogP contribution in [0.3, 0.4) is 0 Å². The highest BCUT2D eigenvalue weighted by molar-refractivity contribution is 9.10. The molecule has 0 atom stereocenters. The lowest BCUT2D eigenvalue weighted by Crippen LogP contribution is -2.33. The zero-order valence-electron chi connectivity index (χ0n) is 13.9. The maximum Gasteiger partial charge on any atom is 0.418 e. The second-order valence-electron chi connectivity index (χ2n) is 5.63. The molecule has 0 aliphatic carbocycles. The summed E-state index contributed by atoms with van der Waals surface area (Å²) in [5.41, 5.74) is -0.801. The van der Waals surface area contributed by atoms with Gasteiger partial charge in [0.2, 0.25) is 5.91 Å². The Morgan fingerprint density at radius 1 is 1.19 bits per heavy atom. The van der Waals surface area contributed by atoms with Crippen molar-refractivity contribution in [1.29, 1.82) is 0 Å². The highest BCUT2D eigenvalue weighted by Crippen LogP contribution is 2.34. The van der Waals surface area contributed by atoms with Gasteiger partial charge in [-0.2, -0.15) is 13.2 Å². The number of carbonyl (C=O) groups excluding carboxylic acids is 1. The number of halogens is 5. The van der Waals surface area contributed by atoms with E-state index in [0.29, 0.717) is 16.6 Å². The average molecular weight is 433 g/mol. The van der Waals surface area contributed by atoms with Crippen molar-refractivity contribution in [2.24, 2.45) is 0 Å². The van der Waals surface area contributed by atoms with Crippen molar-refractivity contribution in [3.05, 3.63) is 63.9 Å². The molecule has 2 aromatic rings. The molecule has 140 valence electrons.